The van der Waals surface area contributed by atoms with Gasteiger partial charge in [-0.25, -0.2) is 4.39 Å². The van der Waals surface area contributed by atoms with Crippen molar-refractivity contribution in [3.8, 4) is 0 Å². The molecule has 18 heavy (non-hydrogen) atoms. The third-order valence-electron chi connectivity index (χ3n) is 3.88. The fourth-order valence-corrected chi connectivity index (χ4v) is 3.25. The Morgan fingerprint density at radius 3 is 2.72 bits per heavy atom. The van der Waals surface area contributed by atoms with Crippen molar-refractivity contribution in [3.63, 3.8) is 0 Å². The molecule has 0 aliphatic heterocycles. The number of aromatic nitrogens is 2. The average molecular weight is 285 g/mol. The summed E-state index contributed by atoms with van der Waals surface area (Å²) in [5, 5.41) is 0.136. The molecule has 1 aliphatic rings. The summed E-state index contributed by atoms with van der Waals surface area (Å²) in [5.41, 5.74) is 1.52. The van der Waals surface area contributed by atoms with E-state index in [1.54, 1.807) is 6.07 Å². The molecule has 1 heterocycles. The van der Waals surface area contributed by atoms with Gasteiger partial charge in [-0.2, -0.15) is 0 Å². The zero-order valence-corrected chi connectivity index (χ0v) is 11.8. The number of aromatic amines is 1. The molecule has 1 aromatic carbocycles. The number of nitrogens with one attached hydrogen (secondary N) is 1. The number of H-pyrrole nitrogens is 1. The predicted octanol–water partition coefficient (Wildman–Crippen LogP) is 4.64. The topological polar surface area (TPSA) is 20.7 Å². The minimum absolute atomic E-state index is 0.0590. The van der Waals surface area contributed by atoms with E-state index in [9.17, 15) is 4.39 Å². The highest BCUT2D eigenvalue weighted by Gasteiger charge is 2.40. The van der Waals surface area contributed by atoms with Crippen molar-refractivity contribution >= 4 is 34.9 Å². The molecule has 1 aliphatic carbocycles. The molecular weight excluding hydrogens is 271 g/mol. The van der Waals surface area contributed by atoms with E-state index in [1.165, 1.54) is 18.9 Å². The van der Waals surface area contributed by atoms with Crippen LogP contribution in [-0.2, 0) is 5.54 Å². The van der Waals surface area contributed by atoms with Gasteiger partial charge < -0.3 is 9.55 Å². The number of nitrogens with zero attached hydrogens (tertiary/aromatic N) is 1. The van der Waals surface area contributed by atoms with Gasteiger partial charge in [0.25, 0.3) is 0 Å². The maximum absolute atomic E-state index is 13.5. The van der Waals surface area contributed by atoms with Crippen LogP contribution in [0, 0.1) is 16.5 Å². The van der Waals surface area contributed by atoms with Crippen molar-refractivity contribution in [2.24, 2.45) is 5.92 Å². The van der Waals surface area contributed by atoms with Gasteiger partial charge in [-0.3, -0.25) is 0 Å². The first-order chi connectivity index (χ1) is 8.41. The molecule has 3 rings (SSSR count). The third-order valence-corrected chi connectivity index (χ3v) is 4.45. The number of imidazole rings is 1. The number of halogens is 2. The Labute approximate surface area is 115 Å². The van der Waals surface area contributed by atoms with Crippen LogP contribution in [0.2, 0.25) is 5.02 Å². The smallest absolute Gasteiger partial charge is 0.178 e. The van der Waals surface area contributed by atoms with Crippen LogP contribution in [0.15, 0.2) is 12.1 Å². The zero-order chi connectivity index (χ0) is 13.1. The quantitative estimate of drug-likeness (QED) is 0.797. The van der Waals surface area contributed by atoms with Crippen LogP contribution in [0.3, 0.4) is 0 Å². The zero-order valence-electron chi connectivity index (χ0n) is 10.3. The van der Waals surface area contributed by atoms with Gasteiger partial charge in [0.2, 0.25) is 0 Å². The first kappa shape index (κ1) is 12.2. The summed E-state index contributed by atoms with van der Waals surface area (Å²) < 4.78 is 16.2. The van der Waals surface area contributed by atoms with E-state index in [4.69, 9.17) is 23.8 Å². The van der Waals surface area contributed by atoms with E-state index < -0.39 is 5.82 Å². The highest BCUT2D eigenvalue weighted by atomic mass is 35.5. The highest BCUT2D eigenvalue weighted by Crippen LogP contribution is 2.45. The van der Waals surface area contributed by atoms with Gasteiger partial charge >= 0.3 is 0 Å². The van der Waals surface area contributed by atoms with Crippen LogP contribution in [0.25, 0.3) is 11.0 Å². The van der Waals surface area contributed by atoms with E-state index >= 15 is 0 Å². The highest BCUT2D eigenvalue weighted by molar-refractivity contribution is 7.71. The van der Waals surface area contributed by atoms with Crippen molar-refractivity contribution < 1.29 is 4.39 Å². The Morgan fingerprint density at radius 2 is 2.11 bits per heavy atom. The molecule has 1 fully saturated rings. The lowest BCUT2D eigenvalue weighted by Crippen LogP contribution is -2.28. The van der Waals surface area contributed by atoms with Gasteiger partial charge in [0.15, 0.2) is 4.77 Å². The minimum Gasteiger partial charge on any atom is -0.330 e. The molecule has 2 aromatic rings. The van der Waals surface area contributed by atoms with E-state index in [2.05, 4.69) is 23.4 Å². The van der Waals surface area contributed by atoms with Crippen LogP contribution >= 0.6 is 23.8 Å². The molecule has 0 amide bonds. The van der Waals surface area contributed by atoms with Crippen molar-refractivity contribution in [2.75, 3.05) is 0 Å². The maximum Gasteiger partial charge on any atom is 0.178 e. The lowest BCUT2D eigenvalue weighted by atomic mass is 9.98. The molecule has 0 radical (unpaired) electrons. The van der Waals surface area contributed by atoms with Crippen molar-refractivity contribution in [2.45, 2.75) is 32.2 Å². The number of fused-ring (bicyclic) bond motifs is 1. The Bertz CT molecular complexity index is 682. The molecule has 1 N–H and O–H groups in total. The lowest BCUT2D eigenvalue weighted by molar-refractivity contribution is 0.310. The molecule has 5 heteroatoms. The minimum atomic E-state index is -0.420. The predicted molar refractivity (Wildman–Crippen MR) is 74.1 cm³/mol. The second kappa shape index (κ2) is 3.81. The molecule has 0 atom stereocenters. The van der Waals surface area contributed by atoms with Crippen molar-refractivity contribution in [1.29, 1.82) is 0 Å². The van der Waals surface area contributed by atoms with Crippen LogP contribution in [0.5, 0.6) is 0 Å². The van der Waals surface area contributed by atoms with Crippen molar-refractivity contribution in [3.05, 3.63) is 27.7 Å². The first-order valence-corrected chi connectivity index (χ1v) is 6.80. The van der Waals surface area contributed by atoms with E-state index in [0.717, 1.165) is 5.52 Å². The van der Waals surface area contributed by atoms with Gasteiger partial charge in [-0.05, 0) is 50.9 Å². The summed E-state index contributed by atoms with van der Waals surface area (Å²) in [4.78, 5) is 3.06. The van der Waals surface area contributed by atoms with E-state index in [0.29, 0.717) is 16.2 Å². The number of hydrogen-bond donors (Lipinski definition) is 1. The first-order valence-electron chi connectivity index (χ1n) is 6.01. The molecule has 0 spiro atoms. The molecule has 0 bridgehead atoms. The Hall–Kier alpha value is -0.870. The fraction of sp³-hybridized carbons (Fsp3) is 0.462. The summed E-state index contributed by atoms with van der Waals surface area (Å²) in [7, 11) is 0. The number of hydrogen-bond acceptors (Lipinski definition) is 1. The summed E-state index contributed by atoms with van der Waals surface area (Å²) in [6.07, 6.45) is 2.44. The van der Waals surface area contributed by atoms with Gasteiger partial charge in [0.05, 0.1) is 16.1 Å². The SMILES string of the molecule is CC(C)(C1CC1)n1c(=S)[nH]c2cc(F)c(Cl)cc21. The molecule has 1 aromatic heterocycles. The van der Waals surface area contributed by atoms with Gasteiger partial charge in [0.1, 0.15) is 5.82 Å². The van der Waals surface area contributed by atoms with E-state index in [1.807, 2.05) is 0 Å². The summed E-state index contributed by atoms with van der Waals surface area (Å²) in [6, 6.07) is 3.07. The van der Waals surface area contributed by atoms with Gasteiger partial charge in [-0.15, -0.1) is 0 Å². The summed E-state index contributed by atoms with van der Waals surface area (Å²) >= 11 is 11.3. The Kier molecular flexibility index (Phi) is 2.58. The molecule has 96 valence electrons. The number of benzene rings is 1. The molecule has 2 nitrogen and oxygen atoms in total. The average Bonchev–Trinajstić information content (AvgIpc) is 3.05. The maximum atomic E-state index is 13.5. The molecule has 1 saturated carbocycles. The largest absolute Gasteiger partial charge is 0.330 e. The van der Waals surface area contributed by atoms with Gasteiger partial charge in [-0.1, -0.05) is 11.6 Å². The van der Waals surface area contributed by atoms with Crippen molar-refractivity contribution in [1.82, 2.24) is 9.55 Å². The molecule has 0 unspecified atom stereocenters. The van der Waals surface area contributed by atoms with Crippen LogP contribution < -0.4 is 0 Å². The second-order valence-corrected chi connectivity index (χ2v) is 6.27. The summed E-state index contributed by atoms with van der Waals surface area (Å²) in [6.45, 7) is 4.34. The van der Waals surface area contributed by atoms with Crippen LogP contribution in [0.1, 0.15) is 26.7 Å². The normalized spacial score (nSPS) is 16.4. The van der Waals surface area contributed by atoms with Crippen LogP contribution in [-0.4, -0.2) is 9.55 Å². The third kappa shape index (κ3) is 1.70. The summed E-state index contributed by atoms with van der Waals surface area (Å²) in [5.74, 6) is 0.212. The fourth-order valence-electron chi connectivity index (χ4n) is 2.65. The monoisotopic (exact) mass is 284 g/mol. The lowest BCUT2D eigenvalue weighted by Gasteiger charge is -2.27. The van der Waals surface area contributed by atoms with E-state index in [-0.39, 0.29) is 10.6 Å². The Morgan fingerprint density at radius 1 is 1.44 bits per heavy atom. The molecule has 0 saturated heterocycles. The Balaban J connectivity index is 2.31. The number of rotatable bonds is 2. The standard InChI is InChI=1S/C13H14ClFN2S/c1-13(2,7-3-4-7)17-11-5-8(14)9(15)6-10(11)16-12(17)18/h5-7H,3-4H2,1-2H3,(H,16,18). The van der Waals surface area contributed by atoms with Gasteiger partial charge in [0, 0.05) is 11.6 Å². The van der Waals surface area contributed by atoms with Crippen LogP contribution in [0.4, 0.5) is 4.39 Å². The second-order valence-electron chi connectivity index (χ2n) is 5.48. The molecular formula is C13H14ClFN2S.